The molecular formula is C11H18FNO4. The highest BCUT2D eigenvalue weighted by Crippen LogP contribution is 2.36. The number of alkyl halides is 1. The van der Waals surface area contributed by atoms with E-state index in [0.29, 0.717) is 0 Å². The number of carbonyl (C=O) groups is 2. The van der Waals surface area contributed by atoms with Gasteiger partial charge in [0.2, 0.25) is 0 Å². The minimum absolute atomic E-state index is 0.144. The SMILES string of the molecule is CC(F)C1(C(=O)O)CN(C(=O)OC(C)(C)C)C1. The van der Waals surface area contributed by atoms with Crippen molar-refractivity contribution in [1.29, 1.82) is 0 Å². The van der Waals surface area contributed by atoms with Crippen LogP contribution in [0.25, 0.3) is 0 Å². The van der Waals surface area contributed by atoms with Crippen molar-refractivity contribution in [3.63, 3.8) is 0 Å². The third kappa shape index (κ3) is 2.68. The summed E-state index contributed by atoms with van der Waals surface area (Å²) in [5.41, 5.74) is -2.11. The molecule has 1 heterocycles. The molecule has 0 aromatic heterocycles. The number of nitrogens with zero attached hydrogens (tertiary/aromatic N) is 1. The maximum absolute atomic E-state index is 13.3. The Morgan fingerprint density at radius 2 is 1.88 bits per heavy atom. The van der Waals surface area contributed by atoms with Crippen LogP contribution in [0, 0.1) is 5.41 Å². The van der Waals surface area contributed by atoms with Gasteiger partial charge in [0.05, 0.1) is 0 Å². The number of likely N-dealkylation sites (tertiary alicyclic amines) is 1. The zero-order chi connectivity index (χ0) is 13.4. The van der Waals surface area contributed by atoms with Gasteiger partial charge in [-0.2, -0.15) is 0 Å². The van der Waals surface area contributed by atoms with Crippen LogP contribution in [0.15, 0.2) is 0 Å². The van der Waals surface area contributed by atoms with Gasteiger partial charge in [-0.15, -0.1) is 0 Å². The highest BCUT2D eigenvalue weighted by atomic mass is 19.1. The van der Waals surface area contributed by atoms with Gasteiger partial charge in [0.1, 0.15) is 17.2 Å². The molecule has 6 heteroatoms. The van der Waals surface area contributed by atoms with Gasteiger partial charge in [-0.25, -0.2) is 9.18 Å². The Morgan fingerprint density at radius 1 is 1.41 bits per heavy atom. The molecule has 1 atom stereocenters. The van der Waals surface area contributed by atoms with Gasteiger partial charge < -0.3 is 14.7 Å². The first-order valence-electron chi connectivity index (χ1n) is 5.44. The molecule has 17 heavy (non-hydrogen) atoms. The van der Waals surface area contributed by atoms with E-state index in [1.807, 2.05) is 0 Å². The zero-order valence-electron chi connectivity index (χ0n) is 10.5. The molecule has 1 N–H and O–H groups in total. The number of hydrogen-bond acceptors (Lipinski definition) is 3. The number of aliphatic carboxylic acids is 1. The fraction of sp³-hybridized carbons (Fsp3) is 0.818. The molecule has 1 unspecified atom stereocenters. The first-order chi connectivity index (χ1) is 7.58. The van der Waals surface area contributed by atoms with Gasteiger partial charge in [0.25, 0.3) is 0 Å². The predicted octanol–water partition coefficient (Wildman–Crippen LogP) is 1.67. The number of ether oxygens (including phenoxy) is 1. The molecule has 0 radical (unpaired) electrons. The standard InChI is InChI=1S/C11H18FNO4/c1-7(12)11(8(14)15)5-13(6-11)9(16)17-10(2,3)4/h7H,5-6H2,1-4H3,(H,14,15). The zero-order valence-corrected chi connectivity index (χ0v) is 10.5. The summed E-state index contributed by atoms with van der Waals surface area (Å²) in [5.74, 6) is -1.22. The van der Waals surface area contributed by atoms with Crippen molar-refractivity contribution in [2.75, 3.05) is 13.1 Å². The molecule has 1 fully saturated rings. The first kappa shape index (κ1) is 13.7. The number of amides is 1. The van der Waals surface area contributed by atoms with Crippen LogP contribution in [0.1, 0.15) is 27.7 Å². The van der Waals surface area contributed by atoms with E-state index in [1.165, 1.54) is 11.8 Å². The fourth-order valence-electron chi connectivity index (χ4n) is 1.65. The number of carboxylic acid groups (broad SMARTS) is 1. The summed E-state index contributed by atoms with van der Waals surface area (Å²) in [6.45, 7) is 6.05. The van der Waals surface area contributed by atoms with E-state index in [0.717, 1.165) is 0 Å². The van der Waals surface area contributed by atoms with Crippen molar-refractivity contribution in [3.05, 3.63) is 0 Å². The molecule has 1 rings (SSSR count). The van der Waals surface area contributed by atoms with Gasteiger partial charge in [-0.3, -0.25) is 4.79 Å². The van der Waals surface area contributed by atoms with E-state index in [9.17, 15) is 14.0 Å². The quantitative estimate of drug-likeness (QED) is 0.806. The Morgan fingerprint density at radius 3 is 2.18 bits per heavy atom. The maximum atomic E-state index is 13.3. The Hall–Kier alpha value is -1.33. The van der Waals surface area contributed by atoms with E-state index in [2.05, 4.69) is 0 Å². The molecule has 98 valence electrons. The van der Waals surface area contributed by atoms with E-state index >= 15 is 0 Å². The molecular weight excluding hydrogens is 229 g/mol. The lowest BCUT2D eigenvalue weighted by Gasteiger charge is -2.47. The molecule has 0 aromatic carbocycles. The highest BCUT2D eigenvalue weighted by molar-refractivity contribution is 5.81. The van der Waals surface area contributed by atoms with Crippen LogP contribution in [-0.4, -0.2) is 46.9 Å². The average molecular weight is 247 g/mol. The minimum atomic E-state index is -1.50. The lowest BCUT2D eigenvalue weighted by atomic mass is 9.76. The summed E-state index contributed by atoms with van der Waals surface area (Å²) in [6, 6.07) is 0. The Kier molecular flexibility index (Phi) is 3.36. The molecule has 1 aliphatic heterocycles. The first-order valence-corrected chi connectivity index (χ1v) is 5.44. The van der Waals surface area contributed by atoms with Crippen LogP contribution in [0.5, 0.6) is 0 Å². The Bertz CT molecular complexity index is 329. The van der Waals surface area contributed by atoms with Gasteiger partial charge in [0.15, 0.2) is 0 Å². The lowest BCUT2D eigenvalue weighted by Crippen LogP contribution is -2.66. The summed E-state index contributed by atoms with van der Waals surface area (Å²) in [5, 5.41) is 8.97. The molecule has 1 saturated heterocycles. The van der Waals surface area contributed by atoms with Crippen LogP contribution in [0.3, 0.4) is 0 Å². The van der Waals surface area contributed by atoms with Crippen molar-refractivity contribution < 1.29 is 23.8 Å². The van der Waals surface area contributed by atoms with Crippen LogP contribution >= 0.6 is 0 Å². The number of rotatable bonds is 2. The summed E-state index contributed by atoms with van der Waals surface area (Å²) in [7, 11) is 0. The van der Waals surface area contributed by atoms with Gasteiger partial charge in [0, 0.05) is 13.1 Å². The molecule has 0 bridgehead atoms. The summed E-state index contributed by atoms with van der Waals surface area (Å²) in [6.07, 6.45) is -2.10. The number of hydrogen-bond donors (Lipinski definition) is 1. The van der Waals surface area contributed by atoms with E-state index < -0.39 is 29.3 Å². The van der Waals surface area contributed by atoms with Gasteiger partial charge in [-0.1, -0.05) is 0 Å². The molecule has 5 nitrogen and oxygen atoms in total. The Balaban J connectivity index is 2.61. The molecule has 1 aliphatic rings. The van der Waals surface area contributed by atoms with Crippen LogP contribution in [0.4, 0.5) is 9.18 Å². The van der Waals surface area contributed by atoms with E-state index in [-0.39, 0.29) is 13.1 Å². The minimum Gasteiger partial charge on any atom is -0.481 e. The largest absolute Gasteiger partial charge is 0.481 e. The Labute approximate surface area is 99.5 Å². The van der Waals surface area contributed by atoms with Crippen molar-refractivity contribution >= 4 is 12.1 Å². The molecule has 0 aromatic rings. The van der Waals surface area contributed by atoms with Crippen molar-refractivity contribution in [1.82, 2.24) is 4.90 Å². The molecule has 1 amide bonds. The second-order valence-corrected chi connectivity index (χ2v) is 5.41. The number of carbonyl (C=O) groups excluding carboxylic acids is 1. The van der Waals surface area contributed by atoms with Crippen molar-refractivity contribution in [2.45, 2.75) is 39.5 Å². The van der Waals surface area contributed by atoms with E-state index in [4.69, 9.17) is 9.84 Å². The topological polar surface area (TPSA) is 66.8 Å². The second kappa shape index (κ2) is 4.16. The van der Waals surface area contributed by atoms with Crippen LogP contribution in [-0.2, 0) is 9.53 Å². The van der Waals surface area contributed by atoms with Crippen molar-refractivity contribution in [3.8, 4) is 0 Å². The van der Waals surface area contributed by atoms with Crippen LogP contribution in [0.2, 0.25) is 0 Å². The van der Waals surface area contributed by atoms with Crippen molar-refractivity contribution in [2.24, 2.45) is 5.41 Å². The fourth-order valence-corrected chi connectivity index (χ4v) is 1.65. The summed E-state index contributed by atoms with van der Waals surface area (Å²) >= 11 is 0. The van der Waals surface area contributed by atoms with Gasteiger partial charge >= 0.3 is 12.1 Å². The summed E-state index contributed by atoms with van der Waals surface area (Å²) in [4.78, 5) is 23.7. The van der Waals surface area contributed by atoms with E-state index in [1.54, 1.807) is 20.8 Å². The third-order valence-corrected chi connectivity index (χ3v) is 2.79. The normalized spacial score (nSPS) is 20.4. The lowest BCUT2D eigenvalue weighted by molar-refractivity contribution is -0.166. The smallest absolute Gasteiger partial charge is 0.410 e. The number of halogens is 1. The predicted molar refractivity (Wildman–Crippen MR) is 58.4 cm³/mol. The molecule has 0 saturated carbocycles. The van der Waals surface area contributed by atoms with Crippen LogP contribution < -0.4 is 0 Å². The molecule has 0 aliphatic carbocycles. The average Bonchev–Trinajstić information content (AvgIpc) is 1.95. The summed E-state index contributed by atoms with van der Waals surface area (Å²) < 4.78 is 18.3. The highest BCUT2D eigenvalue weighted by Gasteiger charge is 2.56. The second-order valence-electron chi connectivity index (χ2n) is 5.41. The third-order valence-electron chi connectivity index (χ3n) is 2.79. The number of carboxylic acids is 1. The maximum Gasteiger partial charge on any atom is 0.410 e. The molecule has 0 spiro atoms. The van der Waals surface area contributed by atoms with Gasteiger partial charge in [-0.05, 0) is 27.7 Å². The monoisotopic (exact) mass is 247 g/mol.